The van der Waals surface area contributed by atoms with Gasteiger partial charge in [-0.25, -0.2) is 8.42 Å². The molecule has 0 aliphatic carbocycles. The lowest BCUT2D eigenvalue weighted by atomic mass is 9.76. The molecule has 1 heterocycles. The van der Waals surface area contributed by atoms with Crippen molar-refractivity contribution in [3.63, 3.8) is 0 Å². The van der Waals surface area contributed by atoms with E-state index >= 15 is 0 Å². The van der Waals surface area contributed by atoms with Gasteiger partial charge in [0.25, 0.3) is 0 Å². The minimum atomic E-state index is -3.01. The van der Waals surface area contributed by atoms with Crippen LogP contribution in [-0.4, -0.2) is 56.0 Å². The topological polar surface area (TPSA) is 74.7 Å². The molecule has 5 nitrogen and oxygen atoms in total. The van der Waals surface area contributed by atoms with E-state index in [2.05, 4.69) is 0 Å². The van der Waals surface area contributed by atoms with E-state index in [1.807, 2.05) is 24.8 Å². The molecule has 0 radical (unpaired) electrons. The number of allylic oxidation sites excluding steroid dienone is 2. The van der Waals surface area contributed by atoms with Crippen molar-refractivity contribution in [3.8, 4) is 0 Å². The highest BCUT2D eigenvalue weighted by atomic mass is 32.2. The number of carbonyl (C=O) groups is 1. The molecule has 1 saturated heterocycles. The van der Waals surface area contributed by atoms with Gasteiger partial charge in [-0.1, -0.05) is 11.6 Å². The molecule has 0 saturated carbocycles. The normalized spacial score (nSPS) is 24.4. The Hall–Kier alpha value is -0.880. The van der Waals surface area contributed by atoms with Crippen LogP contribution in [0.25, 0.3) is 0 Å². The van der Waals surface area contributed by atoms with Crippen molar-refractivity contribution in [1.29, 1.82) is 0 Å². The average Bonchev–Trinajstić information content (AvgIpc) is 2.33. The van der Waals surface area contributed by atoms with Crippen molar-refractivity contribution in [3.05, 3.63) is 11.6 Å². The Morgan fingerprint density at radius 3 is 2.55 bits per heavy atom. The van der Waals surface area contributed by atoms with Crippen LogP contribution in [0, 0.1) is 5.41 Å². The Labute approximate surface area is 121 Å². The summed E-state index contributed by atoms with van der Waals surface area (Å²) in [5, 5.41) is 9.57. The number of carboxylic acid groups (broad SMARTS) is 1. The van der Waals surface area contributed by atoms with Gasteiger partial charge in [0.2, 0.25) is 0 Å². The van der Waals surface area contributed by atoms with Crippen molar-refractivity contribution in [2.24, 2.45) is 5.41 Å². The Morgan fingerprint density at radius 2 is 2.05 bits per heavy atom. The molecule has 0 aromatic heterocycles. The molecule has 1 fully saturated rings. The van der Waals surface area contributed by atoms with E-state index in [1.165, 1.54) is 6.26 Å². The average molecular weight is 303 g/mol. The smallest absolute Gasteiger partial charge is 0.311 e. The Bertz CT molecular complexity index is 479. The minimum absolute atomic E-state index is 0.0886. The molecule has 1 aliphatic rings. The van der Waals surface area contributed by atoms with Gasteiger partial charge in [0.1, 0.15) is 9.84 Å². The molecule has 116 valence electrons. The fraction of sp³-hybridized carbons (Fsp3) is 0.786. The van der Waals surface area contributed by atoms with Crippen molar-refractivity contribution in [1.82, 2.24) is 4.90 Å². The van der Waals surface area contributed by atoms with Crippen molar-refractivity contribution in [2.75, 3.05) is 31.6 Å². The van der Waals surface area contributed by atoms with Gasteiger partial charge in [-0.3, -0.25) is 4.79 Å². The summed E-state index contributed by atoms with van der Waals surface area (Å²) in [6.45, 7) is 5.54. The van der Waals surface area contributed by atoms with Crippen LogP contribution in [0.1, 0.15) is 33.1 Å². The van der Waals surface area contributed by atoms with Gasteiger partial charge in [0.05, 0.1) is 11.2 Å². The zero-order chi connectivity index (χ0) is 15.4. The highest BCUT2D eigenvalue weighted by molar-refractivity contribution is 7.90. The maximum atomic E-state index is 11.7. The maximum absolute atomic E-state index is 11.7. The fourth-order valence-electron chi connectivity index (χ4n) is 2.54. The summed E-state index contributed by atoms with van der Waals surface area (Å²) < 4.78 is 22.5. The van der Waals surface area contributed by atoms with E-state index in [1.54, 1.807) is 0 Å². The number of nitrogens with zero attached hydrogens (tertiary/aromatic N) is 1. The van der Waals surface area contributed by atoms with Crippen LogP contribution < -0.4 is 0 Å². The van der Waals surface area contributed by atoms with Crippen molar-refractivity contribution >= 4 is 15.8 Å². The van der Waals surface area contributed by atoms with Gasteiger partial charge in [0, 0.05) is 19.3 Å². The van der Waals surface area contributed by atoms with Gasteiger partial charge in [-0.2, -0.15) is 0 Å². The van der Waals surface area contributed by atoms with E-state index in [9.17, 15) is 18.3 Å². The lowest BCUT2D eigenvalue weighted by Crippen LogP contribution is -2.48. The maximum Gasteiger partial charge on any atom is 0.311 e. The molecule has 1 unspecified atom stereocenters. The third-order valence-corrected chi connectivity index (χ3v) is 4.71. The molecule has 0 spiro atoms. The largest absolute Gasteiger partial charge is 0.481 e. The molecule has 0 aromatic rings. The summed E-state index contributed by atoms with van der Waals surface area (Å²) in [5.41, 5.74) is 0.339. The summed E-state index contributed by atoms with van der Waals surface area (Å²) in [7, 11) is -3.01. The first-order valence-corrected chi connectivity index (χ1v) is 8.97. The fourth-order valence-corrected chi connectivity index (χ4v) is 3.13. The minimum Gasteiger partial charge on any atom is -0.481 e. The summed E-state index contributed by atoms with van der Waals surface area (Å²) in [6, 6.07) is 0. The molecule has 1 aliphatic heterocycles. The Morgan fingerprint density at radius 1 is 1.40 bits per heavy atom. The number of piperidine rings is 1. The molecule has 0 aromatic carbocycles. The summed E-state index contributed by atoms with van der Waals surface area (Å²) in [5.74, 6) is -0.690. The SMILES string of the molecule is CC(C)=CCC1(C(=O)O)CCCN(CCS(C)(=O)=O)C1. The van der Waals surface area contributed by atoms with Crippen LogP contribution in [0.4, 0.5) is 0 Å². The van der Waals surface area contributed by atoms with Crippen molar-refractivity contribution in [2.45, 2.75) is 33.1 Å². The first kappa shape index (κ1) is 17.2. The summed E-state index contributed by atoms with van der Waals surface area (Å²) in [4.78, 5) is 13.6. The van der Waals surface area contributed by atoms with Crippen molar-refractivity contribution < 1.29 is 18.3 Å². The molecule has 0 bridgehead atoms. The number of hydrogen-bond acceptors (Lipinski definition) is 4. The highest BCUT2D eigenvalue weighted by Crippen LogP contribution is 2.34. The predicted molar refractivity (Wildman–Crippen MR) is 79.5 cm³/mol. The standard InChI is InChI=1S/C14H25NO4S/c1-12(2)5-7-14(13(16)17)6-4-8-15(11-14)9-10-20(3,18)19/h5H,4,6-11H2,1-3H3,(H,16,17). The number of carboxylic acids is 1. The highest BCUT2D eigenvalue weighted by Gasteiger charge is 2.41. The molecule has 6 heteroatoms. The molecule has 1 atom stereocenters. The lowest BCUT2D eigenvalue weighted by molar-refractivity contribution is -0.152. The van der Waals surface area contributed by atoms with E-state index in [0.717, 1.165) is 18.5 Å². The lowest BCUT2D eigenvalue weighted by Gasteiger charge is -2.39. The first-order chi connectivity index (χ1) is 9.15. The van der Waals surface area contributed by atoms with E-state index < -0.39 is 21.2 Å². The third-order valence-electron chi connectivity index (χ3n) is 3.79. The van der Waals surface area contributed by atoms with E-state index in [4.69, 9.17) is 0 Å². The van der Waals surface area contributed by atoms with Gasteiger partial charge in [-0.15, -0.1) is 0 Å². The zero-order valence-electron chi connectivity index (χ0n) is 12.6. The number of sulfone groups is 1. The van der Waals surface area contributed by atoms with Gasteiger partial charge < -0.3 is 10.0 Å². The van der Waals surface area contributed by atoms with Crippen LogP contribution in [0.15, 0.2) is 11.6 Å². The van der Waals surface area contributed by atoms with Crippen LogP contribution in [0.2, 0.25) is 0 Å². The molecule has 20 heavy (non-hydrogen) atoms. The second kappa shape index (κ2) is 6.72. The summed E-state index contributed by atoms with van der Waals surface area (Å²) >= 11 is 0. The molecule has 1 N–H and O–H groups in total. The number of hydrogen-bond donors (Lipinski definition) is 1. The van der Waals surface area contributed by atoms with Gasteiger partial charge in [-0.05, 0) is 39.7 Å². The Kier molecular flexibility index (Phi) is 5.77. The third kappa shape index (κ3) is 5.25. The second-order valence-electron chi connectivity index (χ2n) is 6.08. The first-order valence-electron chi connectivity index (χ1n) is 6.91. The monoisotopic (exact) mass is 303 g/mol. The molecular formula is C14H25NO4S. The predicted octanol–water partition coefficient (Wildman–Crippen LogP) is 1.55. The zero-order valence-corrected chi connectivity index (χ0v) is 13.4. The quantitative estimate of drug-likeness (QED) is 0.754. The molecular weight excluding hydrogens is 278 g/mol. The molecule has 0 amide bonds. The van der Waals surface area contributed by atoms with E-state index in [0.29, 0.717) is 25.9 Å². The summed E-state index contributed by atoms with van der Waals surface area (Å²) in [6.07, 6.45) is 5.15. The van der Waals surface area contributed by atoms with Crippen LogP contribution in [-0.2, 0) is 14.6 Å². The van der Waals surface area contributed by atoms with Crippen LogP contribution in [0.3, 0.4) is 0 Å². The second-order valence-corrected chi connectivity index (χ2v) is 8.34. The van der Waals surface area contributed by atoms with Crippen LogP contribution >= 0.6 is 0 Å². The van der Waals surface area contributed by atoms with Crippen LogP contribution in [0.5, 0.6) is 0 Å². The molecule has 1 rings (SSSR count). The number of rotatable bonds is 6. The number of likely N-dealkylation sites (tertiary alicyclic amines) is 1. The van der Waals surface area contributed by atoms with Gasteiger partial charge in [0.15, 0.2) is 0 Å². The number of aliphatic carboxylic acids is 1. The Balaban J connectivity index is 2.76. The van der Waals surface area contributed by atoms with E-state index in [-0.39, 0.29) is 5.75 Å². The van der Waals surface area contributed by atoms with Gasteiger partial charge >= 0.3 is 5.97 Å².